The molecular formula is C24H29F2N5. The molecule has 7 heteroatoms. The van der Waals surface area contributed by atoms with Crippen molar-refractivity contribution in [2.75, 3.05) is 18.4 Å². The van der Waals surface area contributed by atoms with Crippen LogP contribution < -0.4 is 10.6 Å². The molecular weight excluding hydrogens is 396 g/mol. The Hall–Kier alpha value is -2.51. The Balaban J connectivity index is 1.35. The number of hydrogen-bond donors (Lipinski definition) is 3. The molecule has 0 aliphatic carbocycles. The van der Waals surface area contributed by atoms with E-state index in [2.05, 4.69) is 27.4 Å². The van der Waals surface area contributed by atoms with Gasteiger partial charge in [0.05, 0.1) is 17.2 Å². The number of piperidine rings is 1. The van der Waals surface area contributed by atoms with Gasteiger partial charge in [0.1, 0.15) is 0 Å². The Bertz CT molecular complexity index is 1020. The Morgan fingerprint density at radius 2 is 1.97 bits per heavy atom. The third-order valence-corrected chi connectivity index (χ3v) is 6.92. The number of hydrogen-bond acceptors (Lipinski definition) is 4. The van der Waals surface area contributed by atoms with Crippen molar-refractivity contribution in [2.24, 2.45) is 0 Å². The number of nitrogens with one attached hydrogen (secondary N) is 3. The van der Waals surface area contributed by atoms with Crippen LogP contribution in [0.2, 0.25) is 0 Å². The lowest BCUT2D eigenvalue weighted by atomic mass is 9.87. The summed E-state index contributed by atoms with van der Waals surface area (Å²) in [5.74, 6) is -0.593. The molecule has 2 fully saturated rings. The molecule has 3 N–H and O–H groups in total. The zero-order chi connectivity index (χ0) is 21.4. The highest BCUT2D eigenvalue weighted by molar-refractivity contribution is 5.77. The number of anilines is 1. The topological polar surface area (TPSA) is 56.0 Å². The zero-order valence-corrected chi connectivity index (χ0v) is 17.7. The number of nitrogens with zero attached hydrogens (tertiary/aromatic N) is 2. The van der Waals surface area contributed by atoms with Gasteiger partial charge in [0.2, 0.25) is 5.95 Å². The van der Waals surface area contributed by atoms with Gasteiger partial charge in [-0.2, -0.15) is 0 Å². The Labute approximate surface area is 181 Å². The number of likely N-dealkylation sites (tertiary alicyclic amines) is 1. The summed E-state index contributed by atoms with van der Waals surface area (Å²) in [6.45, 7) is 4.13. The maximum Gasteiger partial charge on any atom is 0.202 e. The average Bonchev–Trinajstić information content (AvgIpc) is 3.42. The number of benzene rings is 2. The lowest BCUT2D eigenvalue weighted by Crippen LogP contribution is -2.56. The van der Waals surface area contributed by atoms with Crippen molar-refractivity contribution in [1.29, 1.82) is 0 Å². The first-order chi connectivity index (χ1) is 15.1. The summed E-state index contributed by atoms with van der Waals surface area (Å²) in [5, 5.41) is 7.25. The van der Waals surface area contributed by atoms with Crippen LogP contribution in [0.3, 0.4) is 0 Å². The molecule has 0 bridgehead atoms. The lowest BCUT2D eigenvalue weighted by molar-refractivity contribution is 0.0954. The number of halogens is 2. The summed E-state index contributed by atoms with van der Waals surface area (Å²) in [6, 6.07) is 12.8. The summed E-state index contributed by atoms with van der Waals surface area (Å²) in [6.07, 6.45) is 4.48. The molecule has 4 unspecified atom stereocenters. The van der Waals surface area contributed by atoms with Gasteiger partial charge in [-0.05, 0) is 69.0 Å². The minimum absolute atomic E-state index is 0.166. The van der Waals surface area contributed by atoms with Crippen molar-refractivity contribution in [3.63, 3.8) is 0 Å². The molecule has 5 rings (SSSR count). The molecule has 0 saturated carbocycles. The molecule has 2 saturated heterocycles. The van der Waals surface area contributed by atoms with Gasteiger partial charge in [0.15, 0.2) is 11.6 Å². The van der Waals surface area contributed by atoms with Crippen molar-refractivity contribution in [3.05, 3.63) is 59.7 Å². The molecule has 0 radical (unpaired) electrons. The number of rotatable bonds is 5. The monoisotopic (exact) mass is 425 g/mol. The molecule has 1 aromatic heterocycles. The smallest absolute Gasteiger partial charge is 0.202 e. The number of imidazole rings is 1. The largest absolute Gasteiger partial charge is 0.340 e. The summed E-state index contributed by atoms with van der Waals surface area (Å²) < 4.78 is 27.3. The van der Waals surface area contributed by atoms with E-state index in [9.17, 15) is 8.78 Å². The van der Waals surface area contributed by atoms with E-state index in [0.717, 1.165) is 54.9 Å². The first-order valence-electron chi connectivity index (χ1n) is 11.3. The average molecular weight is 426 g/mol. The summed E-state index contributed by atoms with van der Waals surface area (Å²) >= 11 is 0. The van der Waals surface area contributed by atoms with Crippen LogP contribution in [-0.2, 0) is 0 Å². The van der Waals surface area contributed by atoms with Crippen molar-refractivity contribution in [3.8, 4) is 0 Å². The minimum atomic E-state index is -0.787. The van der Waals surface area contributed by atoms with Gasteiger partial charge in [-0.15, -0.1) is 0 Å². The highest BCUT2D eigenvalue weighted by atomic mass is 19.2. The normalized spacial score (nSPS) is 25.7. The van der Waals surface area contributed by atoms with E-state index >= 15 is 0 Å². The molecule has 3 aromatic rings. The van der Waals surface area contributed by atoms with Crippen molar-refractivity contribution in [2.45, 2.75) is 56.8 Å². The molecule has 164 valence electrons. The third kappa shape index (κ3) is 4.04. The maximum absolute atomic E-state index is 13.9. The lowest BCUT2D eigenvalue weighted by Gasteiger charge is -2.43. The molecule has 5 nitrogen and oxygen atoms in total. The van der Waals surface area contributed by atoms with Gasteiger partial charge in [-0.3, -0.25) is 4.90 Å². The highest BCUT2D eigenvalue weighted by Crippen LogP contribution is 2.34. The quantitative estimate of drug-likeness (QED) is 0.559. The molecule has 4 atom stereocenters. The van der Waals surface area contributed by atoms with Crippen molar-refractivity contribution >= 4 is 17.0 Å². The molecule has 2 aliphatic heterocycles. The van der Waals surface area contributed by atoms with Gasteiger partial charge >= 0.3 is 0 Å². The van der Waals surface area contributed by atoms with Gasteiger partial charge < -0.3 is 15.6 Å². The number of aromatic amines is 1. The van der Waals surface area contributed by atoms with Gasteiger partial charge in [0, 0.05) is 24.5 Å². The summed E-state index contributed by atoms with van der Waals surface area (Å²) in [7, 11) is 0. The molecule has 31 heavy (non-hydrogen) atoms. The van der Waals surface area contributed by atoms with Crippen LogP contribution in [0.25, 0.3) is 11.0 Å². The van der Waals surface area contributed by atoms with E-state index in [0.29, 0.717) is 0 Å². The first-order valence-corrected chi connectivity index (χ1v) is 11.3. The first kappa shape index (κ1) is 20.4. The third-order valence-electron chi connectivity index (χ3n) is 6.92. The van der Waals surface area contributed by atoms with Crippen LogP contribution in [0, 0.1) is 11.6 Å². The fourth-order valence-electron chi connectivity index (χ4n) is 5.33. The van der Waals surface area contributed by atoms with E-state index in [-0.39, 0.29) is 24.2 Å². The van der Waals surface area contributed by atoms with Crippen LogP contribution in [0.1, 0.15) is 44.1 Å². The molecule has 0 amide bonds. The fourth-order valence-corrected chi connectivity index (χ4v) is 5.33. The van der Waals surface area contributed by atoms with Gasteiger partial charge in [0.25, 0.3) is 0 Å². The maximum atomic E-state index is 13.9. The molecule has 2 aliphatic rings. The van der Waals surface area contributed by atoms with E-state index < -0.39 is 11.6 Å². The SMILES string of the molecule is CC(C1NCCC1c1ccc(F)c(F)c1)N1CCCCC1Nc1nc2ccccc2[nH]1. The predicted molar refractivity (Wildman–Crippen MR) is 119 cm³/mol. The Morgan fingerprint density at radius 1 is 1.10 bits per heavy atom. The second-order valence-electron chi connectivity index (χ2n) is 8.79. The van der Waals surface area contributed by atoms with Crippen LogP contribution >= 0.6 is 0 Å². The summed E-state index contributed by atoms with van der Waals surface area (Å²) in [4.78, 5) is 10.6. The minimum Gasteiger partial charge on any atom is -0.340 e. The van der Waals surface area contributed by atoms with Crippen LogP contribution in [-0.4, -0.2) is 46.2 Å². The number of fused-ring (bicyclic) bond motifs is 1. The second-order valence-corrected chi connectivity index (χ2v) is 8.79. The van der Waals surface area contributed by atoms with Crippen LogP contribution in [0.15, 0.2) is 42.5 Å². The standard InChI is InChI=1S/C24H29F2N5/c1-15(23-17(11-12-27-23)16-9-10-18(25)19(26)14-16)31-13-5-4-8-22(31)30-24-28-20-6-2-3-7-21(20)29-24/h2-3,6-7,9-10,14-15,17,22-23,27H,4-5,8,11-13H2,1H3,(H2,28,29,30). The summed E-state index contributed by atoms with van der Waals surface area (Å²) in [5.41, 5.74) is 2.85. The van der Waals surface area contributed by atoms with E-state index in [1.165, 1.54) is 18.6 Å². The zero-order valence-electron chi connectivity index (χ0n) is 17.7. The number of H-pyrrole nitrogens is 1. The van der Waals surface area contributed by atoms with Crippen molar-refractivity contribution < 1.29 is 8.78 Å². The number of para-hydroxylation sites is 2. The predicted octanol–water partition coefficient (Wildman–Crippen LogP) is 4.60. The van der Waals surface area contributed by atoms with Crippen molar-refractivity contribution in [1.82, 2.24) is 20.2 Å². The Morgan fingerprint density at radius 3 is 2.81 bits per heavy atom. The second kappa shape index (κ2) is 8.55. The number of aromatic nitrogens is 2. The van der Waals surface area contributed by atoms with Crippen LogP contribution in [0.5, 0.6) is 0 Å². The van der Waals surface area contributed by atoms with Crippen LogP contribution in [0.4, 0.5) is 14.7 Å². The Kier molecular flexibility index (Phi) is 5.63. The van der Waals surface area contributed by atoms with E-state index in [4.69, 9.17) is 4.98 Å². The van der Waals surface area contributed by atoms with E-state index in [1.807, 2.05) is 24.3 Å². The fraction of sp³-hybridized carbons (Fsp3) is 0.458. The molecule has 2 aromatic carbocycles. The van der Waals surface area contributed by atoms with Gasteiger partial charge in [-0.25, -0.2) is 13.8 Å². The van der Waals surface area contributed by atoms with E-state index in [1.54, 1.807) is 6.07 Å². The molecule has 0 spiro atoms. The van der Waals surface area contributed by atoms with Gasteiger partial charge in [-0.1, -0.05) is 18.2 Å². The highest BCUT2D eigenvalue weighted by Gasteiger charge is 2.38. The molecule has 3 heterocycles.